The Labute approximate surface area is 443 Å². The van der Waals surface area contributed by atoms with Crippen molar-refractivity contribution in [3.8, 4) is 0 Å². The molecule has 0 radical (unpaired) electrons. The van der Waals surface area contributed by atoms with Crippen LogP contribution in [0, 0.1) is 57.2 Å². The van der Waals surface area contributed by atoms with Gasteiger partial charge in [-0.2, -0.15) is 0 Å². The molecule has 0 heterocycles. The largest absolute Gasteiger partial charge is 0.449 e. The van der Waals surface area contributed by atoms with E-state index >= 15 is 17.6 Å². The zero-order chi connectivity index (χ0) is 55.4. The van der Waals surface area contributed by atoms with Gasteiger partial charge in [-0.1, -0.05) is 77.4 Å². The molecule has 0 saturated heterocycles. The van der Waals surface area contributed by atoms with Gasteiger partial charge in [0.15, 0.2) is 34.1 Å². The van der Waals surface area contributed by atoms with Gasteiger partial charge in [0.1, 0.15) is 18.3 Å². The fraction of sp³-hybridized carbons (Fsp3) is 0.736. The minimum absolute atomic E-state index is 0.0141. The number of rotatable bonds is 11. The number of carbonyl (C=O) groups is 6. The fourth-order valence-electron chi connectivity index (χ4n) is 15.4. The average Bonchev–Trinajstić information content (AvgIpc) is 3.70. The summed E-state index contributed by atoms with van der Waals surface area (Å²) in [5.41, 5.74) is -13.1. The minimum Gasteiger partial charge on any atom is -0.449 e. The summed E-state index contributed by atoms with van der Waals surface area (Å²) in [7, 11) is 0. The van der Waals surface area contributed by atoms with E-state index in [-0.39, 0.29) is 61.2 Å². The van der Waals surface area contributed by atoms with E-state index in [4.69, 9.17) is 9.47 Å². The molecule has 2 N–H and O–H groups in total. The van der Waals surface area contributed by atoms with Crippen LogP contribution in [-0.2, 0) is 52.5 Å². The molecule has 0 aromatic heterocycles. The normalized spacial score (nSPS) is 44.2. The first-order chi connectivity index (χ1) is 34.6. The predicted octanol–water partition coefficient (Wildman–Crippen LogP) is 9.68. The zero-order valence-corrected chi connectivity index (χ0v) is 46.1. The highest BCUT2D eigenvalue weighted by atomic mass is 32.2. The quantitative estimate of drug-likeness (QED) is 0.0337. The summed E-state index contributed by atoms with van der Waals surface area (Å²) in [4.78, 5) is 80.1. The number of ether oxygens (including phenoxy) is 2. The highest BCUT2D eigenvalue weighted by molar-refractivity contribution is 8.14. The predicted molar refractivity (Wildman–Crippen MR) is 269 cm³/mol. The maximum Gasteiger partial charge on any atom is 0.306 e. The highest BCUT2D eigenvalue weighted by Crippen LogP contribution is 2.74. The molecule has 18 atom stereocenters. The molecule has 2 unspecified atom stereocenters. The van der Waals surface area contributed by atoms with Crippen LogP contribution in [0.2, 0.25) is 0 Å². The van der Waals surface area contributed by atoms with Crippen LogP contribution in [-0.4, -0.2) is 109 Å². The standard InChI is InChI=1S/C26H34F2O5S.C25H31F3O5S.C2H6O3S/c1-6-21(31)33-26(22(32)34-7-2)14(3)10-16-17-12-19(27)18-11-15(29)8-9-23(18,4)25(17,28)20(30)13-24(16,26)5;1-5-20(31)33-25(21(32)34-12-26)13(2)8-15-16-10-18(27)17-9-14(29)6-7-22(17,3)24(16,28)19(30)11-23(15,25)4;1-2-3-4-5-6/h8-9,11,14,16-17,19-20,30H,6-7,10,12-13H2,1-5H3;6-7,9,13,15-16,18-19,30H,5,8,10-12H2,1-4H3;6H,2H2,1H3/t14-,16+,17?,19+,20+,23+,24+,25+,26+;13-,15+,16?,18+,19+,22+,23+,24+,25+;/m11./s1. The van der Waals surface area contributed by atoms with E-state index in [0.29, 0.717) is 30.5 Å². The molecule has 13 nitrogen and oxygen atoms in total. The first-order valence-electron chi connectivity index (χ1n) is 25.4. The van der Waals surface area contributed by atoms with Crippen LogP contribution in [0.4, 0.5) is 22.0 Å². The highest BCUT2D eigenvalue weighted by Gasteiger charge is 2.80. The Morgan fingerprint density at radius 2 is 1.07 bits per heavy atom. The van der Waals surface area contributed by atoms with E-state index < -0.39 is 139 Å². The summed E-state index contributed by atoms with van der Waals surface area (Å²) < 4.78 is 94.4. The second-order valence-corrected chi connectivity index (χ2v) is 24.2. The Bertz CT molecular complexity index is 2200. The summed E-state index contributed by atoms with van der Waals surface area (Å²) in [6.45, 7) is 17.3. The van der Waals surface area contributed by atoms with Crippen molar-refractivity contribution < 1.29 is 84.7 Å². The molecule has 6 saturated carbocycles. The van der Waals surface area contributed by atoms with Gasteiger partial charge in [-0.05, 0) is 124 Å². The number of ketones is 2. The number of carbonyl (C=O) groups excluding carboxylic acids is 6. The van der Waals surface area contributed by atoms with Gasteiger partial charge in [0.05, 0.1) is 18.8 Å². The van der Waals surface area contributed by atoms with E-state index in [0.717, 1.165) is 23.9 Å². The summed E-state index contributed by atoms with van der Waals surface area (Å²) in [6.07, 6.45) is 1.02. The molecule has 8 rings (SSSR count). The van der Waals surface area contributed by atoms with Crippen LogP contribution < -0.4 is 0 Å². The Hall–Kier alpha value is -2.92. The number of thioether (sulfide) groups is 2. The van der Waals surface area contributed by atoms with Gasteiger partial charge in [0, 0.05) is 71.1 Å². The zero-order valence-electron chi connectivity index (χ0n) is 43.6. The summed E-state index contributed by atoms with van der Waals surface area (Å²) >= 11 is 4.67. The molecule has 8 aliphatic rings. The average molecular weight is 1110 g/mol. The monoisotopic (exact) mass is 1110 g/mol. The first kappa shape index (κ1) is 60.3. The van der Waals surface area contributed by atoms with Gasteiger partial charge in [0.2, 0.25) is 10.2 Å². The van der Waals surface area contributed by atoms with Crippen LogP contribution in [0.5, 0.6) is 0 Å². The molecule has 8 aliphatic carbocycles. The number of halogens is 5. The third kappa shape index (κ3) is 8.86. The fourth-order valence-corrected chi connectivity index (χ4v) is 17.2. The lowest BCUT2D eigenvalue weighted by molar-refractivity contribution is -0.457. The van der Waals surface area contributed by atoms with Crippen LogP contribution in [0.1, 0.15) is 121 Å². The SMILES string of the molecule is CCC(=O)O[C@]1(C(=O)SCF)[C@H](C)C[C@H]2C3C[C@H](F)C4=CC(=O)C=C[C@]4(C)[C@@]3(F)[C@@H](O)C[C@@]21C.CCOOOS.CCSC(=O)[C@@]1(OC(=O)CC)[C@H](C)C[C@H]2C3C[C@H](F)C4=CC(=O)C=C[C@]4(C)[C@@]3(F)[C@@H](O)C[C@@]21C. The van der Waals surface area contributed by atoms with E-state index in [1.54, 1.807) is 48.5 Å². The molecule has 0 aliphatic heterocycles. The van der Waals surface area contributed by atoms with Crippen molar-refractivity contribution >= 4 is 70.2 Å². The summed E-state index contributed by atoms with van der Waals surface area (Å²) in [5.74, 6) is -5.57. The Balaban J connectivity index is 0.000000217. The molecule has 0 bridgehead atoms. The van der Waals surface area contributed by atoms with Gasteiger partial charge in [0.25, 0.3) is 0 Å². The van der Waals surface area contributed by atoms with Crippen molar-refractivity contribution in [3.63, 3.8) is 0 Å². The van der Waals surface area contributed by atoms with E-state index in [9.17, 15) is 43.4 Å². The van der Waals surface area contributed by atoms with Crippen molar-refractivity contribution in [2.24, 2.45) is 57.2 Å². The van der Waals surface area contributed by atoms with Crippen molar-refractivity contribution in [1.29, 1.82) is 0 Å². The molecule has 6 fully saturated rings. The molecule has 74 heavy (non-hydrogen) atoms. The lowest BCUT2D eigenvalue weighted by Crippen LogP contribution is -2.70. The molecule has 0 aromatic rings. The Kier molecular flexibility index (Phi) is 18.0. The number of allylic oxidation sites excluding steroid dienone is 8. The number of fused-ring (bicyclic) bond motifs is 10. The molecule has 21 heteroatoms. The molecule has 0 aromatic carbocycles. The second kappa shape index (κ2) is 22.1. The first-order valence-corrected chi connectivity index (χ1v) is 27.8. The van der Waals surface area contributed by atoms with E-state index in [2.05, 4.69) is 27.2 Å². The van der Waals surface area contributed by atoms with Crippen LogP contribution in [0.3, 0.4) is 0 Å². The number of alkyl halides is 5. The van der Waals surface area contributed by atoms with Gasteiger partial charge in [-0.15, -0.1) is 4.33 Å². The number of hydrogen-bond acceptors (Lipinski definition) is 16. The van der Waals surface area contributed by atoms with Gasteiger partial charge in [-0.3, -0.25) is 28.8 Å². The van der Waals surface area contributed by atoms with E-state index in [1.807, 2.05) is 13.8 Å². The third-order valence-corrected chi connectivity index (χ3v) is 20.3. The number of aliphatic hydroxyl groups excluding tert-OH is 2. The molecule has 414 valence electrons. The van der Waals surface area contributed by atoms with Crippen LogP contribution >= 0.6 is 36.4 Å². The van der Waals surface area contributed by atoms with E-state index in [1.165, 1.54) is 31.2 Å². The number of thiol groups is 1. The minimum atomic E-state index is -2.30. The van der Waals surface area contributed by atoms with Gasteiger partial charge >= 0.3 is 11.9 Å². The maximum absolute atomic E-state index is 17.3. The molecular weight excluding hydrogens is 1040 g/mol. The number of hydrogen-bond donors (Lipinski definition) is 3. The maximum atomic E-state index is 17.3. The van der Waals surface area contributed by atoms with Crippen LogP contribution in [0.25, 0.3) is 0 Å². The Morgan fingerprint density at radius 1 is 0.676 bits per heavy atom. The molecule has 0 amide bonds. The lowest BCUT2D eigenvalue weighted by atomic mass is 9.44. The number of esters is 2. The smallest absolute Gasteiger partial charge is 0.306 e. The van der Waals surface area contributed by atoms with Gasteiger partial charge in [-0.25, -0.2) is 26.8 Å². The second-order valence-electron chi connectivity index (χ2n) is 21.9. The van der Waals surface area contributed by atoms with Crippen molar-refractivity contribution in [1.82, 2.24) is 0 Å². The van der Waals surface area contributed by atoms with Gasteiger partial charge < -0.3 is 19.7 Å². The summed E-state index contributed by atoms with van der Waals surface area (Å²) in [6, 6.07) is -1.02. The Morgan fingerprint density at radius 3 is 1.39 bits per heavy atom. The van der Waals surface area contributed by atoms with Crippen molar-refractivity contribution in [3.05, 3.63) is 47.6 Å². The molecule has 0 spiro atoms. The topological polar surface area (TPSA) is 189 Å². The molecular formula is C53H71F5O13S3. The van der Waals surface area contributed by atoms with Crippen LogP contribution in [0.15, 0.2) is 47.6 Å². The van der Waals surface area contributed by atoms with Crippen molar-refractivity contribution in [2.75, 3.05) is 18.4 Å². The summed E-state index contributed by atoms with van der Waals surface area (Å²) in [5, 5.41) is 25.7. The lowest BCUT2D eigenvalue weighted by Gasteiger charge is -2.63. The number of aliphatic hydroxyl groups is 2. The third-order valence-electron chi connectivity index (χ3n) is 18.7. The van der Waals surface area contributed by atoms with Crippen molar-refractivity contribution in [2.45, 2.75) is 168 Å².